The smallest absolute Gasteiger partial charge is 0.270 e. The zero-order valence-electron chi connectivity index (χ0n) is 20.0. The Labute approximate surface area is 202 Å². The molecule has 11 heteroatoms. The van der Waals surface area contributed by atoms with Crippen LogP contribution in [0.4, 0.5) is 4.39 Å². The lowest BCUT2D eigenvalue weighted by atomic mass is 9.98. The van der Waals surface area contributed by atoms with Crippen molar-refractivity contribution in [2.24, 2.45) is 5.92 Å². The second kappa shape index (κ2) is 10.6. The lowest BCUT2D eigenvalue weighted by molar-refractivity contribution is -0.130. The molecule has 3 heterocycles. The van der Waals surface area contributed by atoms with Crippen molar-refractivity contribution < 1.29 is 18.7 Å². The van der Waals surface area contributed by atoms with Gasteiger partial charge in [-0.1, -0.05) is 6.07 Å². The molecule has 1 fully saturated rings. The molecule has 0 bridgehead atoms. The number of methoxy groups -OCH3 is 1. The summed E-state index contributed by atoms with van der Waals surface area (Å²) in [6, 6.07) is 7.82. The summed E-state index contributed by atoms with van der Waals surface area (Å²) in [5, 5.41) is 15.6. The van der Waals surface area contributed by atoms with Crippen LogP contribution in [-0.2, 0) is 17.9 Å². The molecule has 0 saturated carbocycles. The van der Waals surface area contributed by atoms with Gasteiger partial charge in [0, 0.05) is 37.8 Å². The Morgan fingerprint density at radius 2 is 2.09 bits per heavy atom. The fourth-order valence-corrected chi connectivity index (χ4v) is 4.17. The van der Waals surface area contributed by atoms with E-state index in [0.717, 1.165) is 19.4 Å². The van der Waals surface area contributed by atoms with Crippen LogP contribution < -0.4 is 10.1 Å². The third-order valence-electron chi connectivity index (χ3n) is 5.95. The van der Waals surface area contributed by atoms with E-state index in [1.807, 2.05) is 4.90 Å². The molecule has 0 aliphatic carbocycles. The summed E-state index contributed by atoms with van der Waals surface area (Å²) in [6.07, 6.45) is 1.96. The molecular weight excluding hydrogens is 453 g/mol. The van der Waals surface area contributed by atoms with Crippen LogP contribution in [0.3, 0.4) is 0 Å². The van der Waals surface area contributed by atoms with E-state index in [0.29, 0.717) is 35.7 Å². The van der Waals surface area contributed by atoms with Crippen molar-refractivity contribution in [3.05, 3.63) is 53.1 Å². The second-order valence-electron chi connectivity index (χ2n) is 8.68. The first kappa shape index (κ1) is 24.2. The Hall–Kier alpha value is -3.89. The monoisotopic (exact) mass is 481 g/mol. The molecule has 1 saturated heterocycles. The number of amides is 2. The highest BCUT2D eigenvalue weighted by molar-refractivity contribution is 5.93. The molecular formula is C24H28FN7O3. The highest BCUT2D eigenvalue weighted by Crippen LogP contribution is 2.21. The number of likely N-dealkylation sites (tertiary alicyclic amines) is 1. The Bertz CT molecular complexity index is 1230. The molecule has 1 aliphatic heterocycles. The summed E-state index contributed by atoms with van der Waals surface area (Å²) < 4.78 is 18.6. The van der Waals surface area contributed by atoms with E-state index in [9.17, 15) is 14.0 Å². The van der Waals surface area contributed by atoms with Crippen molar-refractivity contribution >= 4 is 11.8 Å². The van der Waals surface area contributed by atoms with E-state index in [1.54, 1.807) is 36.8 Å². The predicted molar refractivity (Wildman–Crippen MR) is 125 cm³/mol. The molecule has 2 amide bonds. The summed E-state index contributed by atoms with van der Waals surface area (Å²) in [7, 11) is 1.39. The molecule has 35 heavy (non-hydrogen) atoms. The molecule has 1 N–H and O–H groups in total. The minimum absolute atomic E-state index is 0.0820. The maximum Gasteiger partial charge on any atom is 0.270 e. The number of benzene rings is 1. The predicted octanol–water partition coefficient (Wildman–Crippen LogP) is 2.38. The van der Waals surface area contributed by atoms with Gasteiger partial charge in [0.2, 0.25) is 11.7 Å². The summed E-state index contributed by atoms with van der Waals surface area (Å²) >= 11 is 0. The number of nitrogens with one attached hydrogen (secondary N) is 1. The highest BCUT2D eigenvalue weighted by atomic mass is 19.1. The van der Waals surface area contributed by atoms with E-state index in [4.69, 9.17) is 4.74 Å². The Morgan fingerprint density at radius 1 is 1.26 bits per heavy atom. The van der Waals surface area contributed by atoms with Crippen molar-refractivity contribution in [2.75, 3.05) is 20.2 Å². The lowest BCUT2D eigenvalue weighted by Crippen LogP contribution is -2.40. The summed E-state index contributed by atoms with van der Waals surface area (Å²) in [6.45, 7) is 5.60. The molecule has 1 aliphatic rings. The minimum Gasteiger partial charge on any atom is -0.494 e. The van der Waals surface area contributed by atoms with Crippen LogP contribution in [-0.4, -0.2) is 62.1 Å². The number of aryl methyl sites for hydroxylation is 1. The molecule has 4 rings (SSSR count). The Kier molecular flexibility index (Phi) is 7.33. The van der Waals surface area contributed by atoms with Gasteiger partial charge < -0.3 is 15.0 Å². The fourth-order valence-electron chi connectivity index (χ4n) is 4.17. The topological polar surface area (TPSA) is 115 Å². The van der Waals surface area contributed by atoms with E-state index in [-0.39, 0.29) is 35.7 Å². The normalized spacial score (nSPS) is 15.7. The number of ether oxygens (including phenoxy) is 1. The van der Waals surface area contributed by atoms with E-state index in [2.05, 4.69) is 25.7 Å². The van der Waals surface area contributed by atoms with Gasteiger partial charge in [0.15, 0.2) is 11.6 Å². The van der Waals surface area contributed by atoms with Crippen LogP contribution >= 0.6 is 0 Å². The molecule has 2 aromatic heterocycles. The average molecular weight is 482 g/mol. The zero-order chi connectivity index (χ0) is 24.9. The quantitative estimate of drug-likeness (QED) is 0.551. The van der Waals surface area contributed by atoms with E-state index < -0.39 is 5.82 Å². The standard InChI is InChI=1S/C24H28FN7O3/c1-15-9-19(23-28-30-32(29-23)14-18-5-4-8-31(13-18)16(2)33)11-21(27-15)24(34)26-12-17-6-7-20(25)22(10-17)35-3/h6-7,9-11,18H,4-5,8,12-14H2,1-3H3,(H,26,34)/t18-/m0/s1. The van der Waals surface area contributed by atoms with Crippen LogP contribution in [0.1, 0.15) is 41.5 Å². The largest absolute Gasteiger partial charge is 0.494 e. The number of rotatable bonds is 7. The van der Waals surface area contributed by atoms with Gasteiger partial charge in [-0.15, -0.1) is 10.2 Å². The molecule has 10 nitrogen and oxygen atoms in total. The van der Waals surface area contributed by atoms with Gasteiger partial charge in [-0.05, 0) is 60.7 Å². The molecule has 3 aromatic rings. The molecule has 0 unspecified atom stereocenters. The number of carbonyl (C=O) groups is 2. The third kappa shape index (κ3) is 5.97. The Balaban J connectivity index is 1.43. The molecule has 0 radical (unpaired) electrons. The number of tetrazole rings is 1. The van der Waals surface area contributed by atoms with Crippen LogP contribution in [0, 0.1) is 18.7 Å². The van der Waals surface area contributed by atoms with Gasteiger partial charge in [-0.3, -0.25) is 9.59 Å². The number of hydrogen-bond donors (Lipinski definition) is 1. The minimum atomic E-state index is -0.465. The first-order valence-corrected chi connectivity index (χ1v) is 11.5. The number of pyridine rings is 1. The molecule has 1 aromatic carbocycles. The number of halogens is 1. The van der Waals surface area contributed by atoms with Gasteiger partial charge in [-0.2, -0.15) is 4.80 Å². The average Bonchev–Trinajstić information content (AvgIpc) is 3.31. The summed E-state index contributed by atoms with van der Waals surface area (Å²) in [4.78, 5) is 32.2. The van der Waals surface area contributed by atoms with Crippen LogP contribution in [0.5, 0.6) is 5.75 Å². The summed E-state index contributed by atoms with van der Waals surface area (Å²) in [5.41, 5.74) is 2.18. The van der Waals surface area contributed by atoms with Crippen molar-refractivity contribution in [3.63, 3.8) is 0 Å². The molecule has 184 valence electrons. The summed E-state index contributed by atoms with van der Waals surface area (Å²) in [5.74, 6) is 0.0139. The second-order valence-corrected chi connectivity index (χ2v) is 8.68. The molecule has 0 spiro atoms. The van der Waals surface area contributed by atoms with Gasteiger partial charge in [-0.25, -0.2) is 9.37 Å². The first-order valence-electron chi connectivity index (χ1n) is 11.5. The first-order chi connectivity index (χ1) is 16.8. The van der Waals surface area contributed by atoms with Crippen LogP contribution in [0.25, 0.3) is 11.4 Å². The van der Waals surface area contributed by atoms with Gasteiger partial charge >= 0.3 is 0 Å². The van der Waals surface area contributed by atoms with E-state index >= 15 is 0 Å². The maximum atomic E-state index is 13.6. The highest BCUT2D eigenvalue weighted by Gasteiger charge is 2.23. The number of nitrogens with zero attached hydrogens (tertiary/aromatic N) is 6. The van der Waals surface area contributed by atoms with Crippen molar-refractivity contribution in [1.29, 1.82) is 0 Å². The van der Waals surface area contributed by atoms with Gasteiger partial charge in [0.05, 0.1) is 13.7 Å². The van der Waals surface area contributed by atoms with E-state index in [1.165, 1.54) is 19.2 Å². The third-order valence-corrected chi connectivity index (χ3v) is 5.95. The maximum absolute atomic E-state index is 13.6. The van der Waals surface area contributed by atoms with Crippen molar-refractivity contribution in [1.82, 2.24) is 35.4 Å². The lowest BCUT2D eigenvalue weighted by Gasteiger charge is -2.31. The van der Waals surface area contributed by atoms with Crippen LogP contribution in [0.2, 0.25) is 0 Å². The van der Waals surface area contributed by atoms with Gasteiger partial charge in [0.1, 0.15) is 5.69 Å². The Morgan fingerprint density at radius 3 is 2.86 bits per heavy atom. The fraction of sp³-hybridized carbons (Fsp3) is 0.417. The van der Waals surface area contributed by atoms with Crippen molar-refractivity contribution in [3.8, 4) is 17.1 Å². The van der Waals surface area contributed by atoms with Crippen molar-refractivity contribution in [2.45, 2.75) is 39.8 Å². The van der Waals surface area contributed by atoms with Gasteiger partial charge in [0.25, 0.3) is 5.91 Å². The number of aromatic nitrogens is 5. The number of carbonyl (C=O) groups excluding carboxylic acids is 2. The number of piperidine rings is 1. The zero-order valence-corrected chi connectivity index (χ0v) is 20.0. The molecule has 1 atom stereocenters. The number of hydrogen-bond acceptors (Lipinski definition) is 7. The van der Waals surface area contributed by atoms with Crippen LogP contribution in [0.15, 0.2) is 30.3 Å². The SMILES string of the molecule is COc1cc(CNC(=O)c2cc(-c3nnn(C[C@H]4CCCN(C(C)=O)C4)n3)cc(C)n2)ccc1F.